The van der Waals surface area contributed by atoms with Crippen LogP contribution in [-0.2, 0) is 0 Å². The minimum atomic E-state index is -4.19. The number of H-pyrrole nitrogens is 1. The molecule has 0 saturated carbocycles. The van der Waals surface area contributed by atoms with Crippen molar-refractivity contribution in [2.75, 3.05) is 7.11 Å². The van der Waals surface area contributed by atoms with E-state index in [2.05, 4.69) is 46.8 Å². The van der Waals surface area contributed by atoms with Gasteiger partial charge in [0.1, 0.15) is 5.75 Å². The zero-order valence-electron chi connectivity index (χ0n) is 12.6. The molecule has 0 fully saturated rings. The third kappa shape index (κ3) is 3.57. The van der Waals surface area contributed by atoms with Gasteiger partial charge in [-0.3, -0.25) is 0 Å². The average Bonchev–Trinajstić information content (AvgIpc) is 2.91. The molecule has 2 heterocycles. The second-order valence-corrected chi connectivity index (χ2v) is 6.77. The van der Waals surface area contributed by atoms with E-state index in [4.69, 9.17) is 23.4 Å². The van der Waals surface area contributed by atoms with Crippen molar-refractivity contribution in [2.24, 2.45) is 0 Å². The number of hydrogen-bond donors (Lipinski definition) is 3. The van der Waals surface area contributed by atoms with Crippen molar-refractivity contribution in [3.05, 3.63) is 47.8 Å². The predicted octanol–water partition coefficient (Wildman–Crippen LogP) is 1.12. The second-order valence-electron chi connectivity index (χ2n) is 4.99. The zero-order valence-corrected chi connectivity index (χ0v) is 14.1. The predicted molar refractivity (Wildman–Crippen MR) is 85.7 cm³/mol. The molecule has 0 unspecified atom stereocenters. The van der Waals surface area contributed by atoms with Crippen LogP contribution >= 0.6 is 11.3 Å². The molecule has 4 N–H and O–H groups in total. The molecule has 2 aromatic carbocycles. The molecular weight excluding hydrogens is 354 g/mol. The first-order valence-corrected chi connectivity index (χ1v) is 9.02. The van der Waals surface area contributed by atoms with Crippen LogP contribution in [0.3, 0.4) is 0 Å². The topological polar surface area (TPSA) is 107 Å². The van der Waals surface area contributed by atoms with E-state index in [9.17, 15) is 0 Å². The fourth-order valence-corrected chi connectivity index (χ4v) is 3.50. The van der Waals surface area contributed by atoms with Crippen molar-refractivity contribution < 1.29 is 38.6 Å². The fraction of sp³-hybridized carbons (Fsp3) is 0.0625. The third-order valence-corrected chi connectivity index (χ3v) is 4.47. The van der Waals surface area contributed by atoms with Crippen LogP contribution < -0.4 is 14.4 Å². The number of aromatic amines is 1. The van der Waals surface area contributed by atoms with Crippen molar-refractivity contribution in [1.29, 1.82) is 0 Å². The van der Waals surface area contributed by atoms with Gasteiger partial charge in [-0.05, 0) is 24.3 Å². The summed E-state index contributed by atoms with van der Waals surface area (Å²) in [4.78, 5) is 3.52. The molecule has 0 atom stereocenters. The van der Waals surface area contributed by atoms with Crippen molar-refractivity contribution in [3.8, 4) is 17.0 Å². The van der Waals surface area contributed by atoms with E-state index in [1.807, 2.05) is 6.07 Å². The third-order valence-electron chi connectivity index (χ3n) is 3.51. The molecule has 6 nitrogen and oxygen atoms in total. The van der Waals surface area contributed by atoms with Gasteiger partial charge in [-0.15, -0.1) is 11.3 Å². The first-order valence-electron chi connectivity index (χ1n) is 6.82. The molecule has 8 heteroatoms. The summed E-state index contributed by atoms with van der Waals surface area (Å²) in [6, 6.07) is 14.6. The van der Waals surface area contributed by atoms with E-state index in [0.29, 0.717) is 0 Å². The standard InChI is InChI=1S/C16H11NOS.ClH3O4/c1-18-10-6-7-14-12(8-10)13-9-19-15-5-3-2-4-11(15)16(13)17-14;2-1(3,4)5/h2-9H,1H3;2-4H/p+1. The minimum absolute atomic E-state index is 0.895. The summed E-state index contributed by atoms with van der Waals surface area (Å²) < 4.78 is 36.8. The number of ether oxygens (including phenoxy) is 1. The number of methoxy groups -OCH3 is 1. The first kappa shape index (κ1) is 16.8. The van der Waals surface area contributed by atoms with Gasteiger partial charge in [0.2, 0.25) is 11.2 Å². The summed E-state index contributed by atoms with van der Waals surface area (Å²) >= 11 is 1.78. The molecule has 0 radical (unpaired) electrons. The second kappa shape index (κ2) is 6.48. The van der Waals surface area contributed by atoms with Crippen molar-refractivity contribution in [1.82, 2.24) is 0 Å². The monoisotopic (exact) mass is 368 g/mol. The van der Waals surface area contributed by atoms with Crippen LogP contribution in [0.15, 0.2) is 47.8 Å². The van der Waals surface area contributed by atoms with Crippen LogP contribution in [0.25, 0.3) is 32.2 Å². The van der Waals surface area contributed by atoms with Crippen LogP contribution in [0.2, 0.25) is 0 Å². The summed E-state index contributed by atoms with van der Waals surface area (Å²) in [6.45, 7) is 0. The maximum atomic E-state index is 8.83. The molecule has 2 aromatic rings. The number of fused-ring (bicyclic) bond motifs is 5. The molecule has 0 amide bonds. The van der Waals surface area contributed by atoms with E-state index in [-0.39, 0.29) is 0 Å². The van der Waals surface area contributed by atoms with Gasteiger partial charge in [-0.1, -0.05) is 12.1 Å². The van der Waals surface area contributed by atoms with Gasteiger partial charge in [-0.25, -0.2) is 4.98 Å². The Morgan fingerprint density at radius 3 is 2.50 bits per heavy atom. The molecule has 4 rings (SSSR count). The summed E-state index contributed by atoms with van der Waals surface area (Å²) in [7, 11) is -2.49. The quantitative estimate of drug-likeness (QED) is 0.466. The van der Waals surface area contributed by atoms with E-state index in [1.165, 1.54) is 26.7 Å². The van der Waals surface area contributed by atoms with Gasteiger partial charge < -0.3 is 4.74 Å². The van der Waals surface area contributed by atoms with E-state index in [1.54, 1.807) is 18.4 Å². The van der Waals surface area contributed by atoms with Crippen molar-refractivity contribution in [2.45, 2.75) is 0 Å². The average molecular weight is 369 g/mol. The summed E-state index contributed by atoms with van der Waals surface area (Å²) in [6.07, 6.45) is 0. The Morgan fingerprint density at radius 1 is 1.08 bits per heavy atom. The van der Waals surface area contributed by atoms with E-state index in [0.717, 1.165) is 11.3 Å². The molecule has 2 aliphatic rings. The zero-order chi connectivity index (χ0) is 17.3. The number of hydrogen-bond acceptors (Lipinski definition) is 6. The van der Waals surface area contributed by atoms with E-state index >= 15 is 0 Å². The van der Waals surface area contributed by atoms with Gasteiger partial charge in [0, 0.05) is 16.1 Å². The van der Waals surface area contributed by atoms with Crippen LogP contribution in [0.5, 0.6) is 5.75 Å². The Kier molecular flexibility index (Phi) is 4.55. The molecule has 0 bridgehead atoms. The Bertz CT molecular complexity index is 960. The van der Waals surface area contributed by atoms with Gasteiger partial charge in [0.25, 0.3) is 0 Å². The Balaban J connectivity index is 0.000000300. The number of benzene rings is 2. The van der Waals surface area contributed by atoms with Crippen LogP contribution in [0, 0.1) is 10.2 Å². The molecule has 126 valence electrons. The first-order chi connectivity index (χ1) is 11.4. The number of nitrogens with one attached hydrogen (secondary N) is 1. The van der Waals surface area contributed by atoms with Gasteiger partial charge >= 0.3 is 28.9 Å². The Hall–Kier alpha value is -2.00. The molecule has 0 aromatic heterocycles. The molecule has 0 aliphatic carbocycles. The van der Waals surface area contributed by atoms with Crippen molar-refractivity contribution >= 4 is 32.3 Å². The molecule has 24 heavy (non-hydrogen) atoms. The fourth-order valence-electron chi connectivity index (χ4n) is 2.55. The summed E-state index contributed by atoms with van der Waals surface area (Å²) in [5, 5.41) is 4.71. The Labute approximate surface area is 143 Å². The Morgan fingerprint density at radius 2 is 1.79 bits per heavy atom. The number of halogens is 1. The number of rotatable bonds is 1. The SMILES string of the molecule is COc1ccc2[nH+]c3c4ccccc4scc-3c2c1.[O-][Cl+](O)(O)O. The summed E-state index contributed by atoms with van der Waals surface area (Å²) in [5.41, 5.74) is 3.62. The van der Waals surface area contributed by atoms with E-state index < -0.39 is 10.2 Å². The maximum absolute atomic E-state index is 8.83. The molecule has 2 aliphatic heterocycles. The molecule has 0 spiro atoms. The van der Waals surface area contributed by atoms with Crippen LogP contribution in [0.1, 0.15) is 0 Å². The number of aromatic nitrogens is 1. The van der Waals surface area contributed by atoms with Gasteiger partial charge in [0.15, 0.2) is 0 Å². The van der Waals surface area contributed by atoms with Gasteiger partial charge in [0.05, 0.1) is 23.4 Å². The van der Waals surface area contributed by atoms with Crippen LogP contribution in [0.4, 0.5) is 0 Å². The van der Waals surface area contributed by atoms with Crippen LogP contribution in [-0.4, -0.2) is 21.1 Å². The molecule has 0 saturated heterocycles. The normalized spacial score (nSPS) is 12.2. The van der Waals surface area contributed by atoms with Gasteiger partial charge in [-0.2, -0.15) is 0 Å². The molecular formula is C16H15ClNO5S+. The van der Waals surface area contributed by atoms with Crippen molar-refractivity contribution in [3.63, 3.8) is 0 Å². The summed E-state index contributed by atoms with van der Waals surface area (Å²) in [5.74, 6) is 0.895.